The van der Waals surface area contributed by atoms with E-state index in [4.69, 9.17) is 4.74 Å². The number of ether oxygens (including phenoxy) is 1. The van der Waals surface area contributed by atoms with Gasteiger partial charge in [0.25, 0.3) is 0 Å². The van der Waals surface area contributed by atoms with Gasteiger partial charge in [-0.2, -0.15) is 5.10 Å². The Hall–Kier alpha value is -0.870. The molecule has 0 amide bonds. The lowest BCUT2D eigenvalue weighted by Gasteiger charge is -2.07. The van der Waals surface area contributed by atoms with Gasteiger partial charge in [0.05, 0.1) is 19.3 Å². The maximum Gasteiger partial charge on any atom is 0.0662 e. The maximum absolute atomic E-state index is 5.57. The van der Waals surface area contributed by atoms with Crippen molar-refractivity contribution in [3.05, 3.63) is 18.0 Å². The van der Waals surface area contributed by atoms with Gasteiger partial charge in [-0.05, 0) is 26.3 Å². The molecule has 1 heterocycles. The summed E-state index contributed by atoms with van der Waals surface area (Å²) in [5.74, 6) is 0.711. The van der Waals surface area contributed by atoms with Gasteiger partial charge in [0.15, 0.2) is 0 Å². The molecule has 0 spiro atoms. The van der Waals surface area contributed by atoms with Crippen molar-refractivity contribution in [3.63, 3.8) is 0 Å². The van der Waals surface area contributed by atoms with Gasteiger partial charge in [0.2, 0.25) is 0 Å². The Morgan fingerprint density at radius 2 is 2.12 bits per heavy atom. The summed E-state index contributed by atoms with van der Waals surface area (Å²) < 4.78 is 7.51. The smallest absolute Gasteiger partial charge is 0.0662 e. The first-order valence-corrected chi connectivity index (χ1v) is 6.40. The summed E-state index contributed by atoms with van der Waals surface area (Å²) in [5.41, 5.74) is 1.22. The molecule has 1 aromatic rings. The van der Waals surface area contributed by atoms with Crippen LogP contribution in [0.1, 0.15) is 38.8 Å². The molecule has 0 radical (unpaired) electrons. The number of aromatic nitrogens is 2. The van der Waals surface area contributed by atoms with Crippen molar-refractivity contribution in [3.8, 4) is 0 Å². The Morgan fingerprint density at radius 3 is 2.76 bits per heavy atom. The van der Waals surface area contributed by atoms with Crippen LogP contribution in [-0.4, -0.2) is 30.0 Å². The van der Waals surface area contributed by atoms with E-state index >= 15 is 0 Å². The molecule has 1 N–H and O–H groups in total. The standard InChI is InChI=1S/C13H25N3O/c1-11(2)5-7-17-8-6-16-10-13(9-15-16)12(3)14-4/h9-12,14H,5-8H2,1-4H3. The normalized spacial score (nSPS) is 13.2. The molecule has 0 aliphatic carbocycles. The first kappa shape index (κ1) is 14.2. The molecule has 1 rings (SSSR count). The van der Waals surface area contributed by atoms with Gasteiger partial charge in [0, 0.05) is 24.4 Å². The molecule has 4 heteroatoms. The van der Waals surface area contributed by atoms with Gasteiger partial charge < -0.3 is 10.1 Å². The third kappa shape index (κ3) is 5.33. The first-order chi connectivity index (χ1) is 8.13. The summed E-state index contributed by atoms with van der Waals surface area (Å²) in [6, 6.07) is 0.352. The van der Waals surface area contributed by atoms with Crippen LogP contribution in [0, 0.1) is 5.92 Å². The first-order valence-electron chi connectivity index (χ1n) is 6.40. The topological polar surface area (TPSA) is 39.1 Å². The van der Waals surface area contributed by atoms with Crippen molar-refractivity contribution in [2.45, 2.75) is 39.8 Å². The average Bonchev–Trinajstić information content (AvgIpc) is 2.76. The average molecular weight is 239 g/mol. The minimum Gasteiger partial charge on any atom is -0.380 e. The van der Waals surface area contributed by atoms with E-state index in [2.05, 4.69) is 37.4 Å². The van der Waals surface area contributed by atoms with E-state index in [1.165, 1.54) is 5.56 Å². The highest BCUT2D eigenvalue weighted by atomic mass is 16.5. The van der Waals surface area contributed by atoms with E-state index in [0.717, 1.165) is 26.2 Å². The van der Waals surface area contributed by atoms with Crippen LogP contribution in [0.3, 0.4) is 0 Å². The zero-order valence-electron chi connectivity index (χ0n) is 11.4. The van der Waals surface area contributed by atoms with Gasteiger partial charge in [-0.1, -0.05) is 13.8 Å². The summed E-state index contributed by atoms with van der Waals surface area (Å²) in [4.78, 5) is 0. The van der Waals surface area contributed by atoms with Gasteiger partial charge in [-0.15, -0.1) is 0 Å². The Morgan fingerprint density at radius 1 is 1.35 bits per heavy atom. The summed E-state index contributed by atoms with van der Waals surface area (Å²) in [6.07, 6.45) is 5.11. The van der Waals surface area contributed by atoms with E-state index in [1.54, 1.807) is 0 Å². The molecule has 4 nitrogen and oxygen atoms in total. The van der Waals surface area contributed by atoms with Crippen LogP contribution in [0.25, 0.3) is 0 Å². The summed E-state index contributed by atoms with van der Waals surface area (Å²) >= 11 is 0. The largest absolute Gasteiger partial charge is 0.380 e. The van der Waals surface area contributed by atoms with Gasteiger partial charge >= 0.3 is 0 Å². The van der Waals surface area contributed by atoms with E-state index in [1.807, 2.05) is 17.9 Å². The van der Waals surface area contributed by atoms with Crippen molar-refractivity contribution in [2.75, 3.05) is 20.3 Å². The van der Waals surface area contributed by atoms with E-state index in [9.17, 15) is 0 Å². The van der Waals surface area contributed by atoms with Crippen molar-refractivity contribution in [1.82, 2.24) is 15.1 Å². The quantitative estimate of drug-likeness (QED) is 0.707. The van der Waals surface area contributed by atoms with Crippen molar-refractivity contribution >= 4 is 0 Å². The Balaban J connectivity index is 2.21. The predicted molar refractivity (Wildman–Crippen MR) is 70.0 cm³/mol. The zero-order chi connectivity index (χ0) is 12.7. The maximum atomic E-state index is 5.57. The molecule has 0 saturated heterocycles. The molecule has 17 heavy (non-hydrogen) atoms. The molecule has 1 atom stereocenters. The van der Waals surface area contributed by atoms with Crippen molar-refractivity contribution in [2.24, 2.45) is 5.92 Å². The predicted octanol–water partition coefficient (Wildman–Crippen LogP) is 2.23. The van der Waals surface area contributed by atoms with E-state index in [-0.39, 0.29) is 0 Å². The highest BCUT2D eigenvalue weighted by Crippen LogP contribution is 2.09. The van der Waals surface area contributed by atoms with Crippen molar-refractivity contribution < 1.29 is 4.74 Å². The molecule has 98 valence electrons. The molecular weight excluding hydrogens is 214 g/mol. The number of hydrogen-bond acceptors (Lipinski definition) is 3. The van der Waals surface area contributed by atoms with Gasteiger partial charge in [0.1, 0.15) is 0 Å². The lowest BCUT2D eigenvalue weighted by atomic mass is 10.1. The third-order valence-electron chi connectivity index (χ3n) is 2.89. The summed E-state index contributed by atoms with van der Waals surface area (Å²) in [7, 11) is 1.96. The molecule has 1 unspecified atom stereocenters. The number of hydrogen-bond donors (Lipinski definition) is 1. The zero-order valence-corrected chi connectivity index (χ0v) is 11.4. The fourth-order valence-electron chi connectivity index (χ4n) is 1.47. The fraction of sp³-hybridized carbons (Fsp3) is 0.769. The molecule has 0 aromatic carbocycles. The fourth-order valence-corrected chi connectivity index (χ4v) is 1.47. The minimum absolute atomic E-state index is 0.352. The molecule has 0 saturated carbocycles. The minimum atomic E-state index is 0.352. The monoisotopic (exact) mass is 239 g/mol. The number of nitrogens with zero attached hydrogens (tertiary/aromatic N) is 2. The molecule has 0 aliphatic heterocycles. The number of rotatable bonds is 8. The third-order valence-corrected chi connectivity index (χ3v) is 2.89. The SMILES string of the molecule is CNC(C)c1cnn(CCOCCC(C)C)c1. The highest BCUT2D eigenvalue weighted by Gasteiger charge is 2.05. The van der Waals surface area contributed by atoms with Crippen LogP contribution < -0.4 is 5.32 Å². The Kier molecular flexibility index (Phi) is 6.22. The van der Waals surface area contributed by atoms with Crippen LogP contribution in [-0.2, 0) is 11.3 Å². The second-order valence-electron chi connectivity index (χ2n) is 4.84. The van der Waals surface area contributed by atoms with E-state index in [0.29, 0.717) is 12.0 Å². The Bertz CT molecular complexity index is 309. The molecule has 1 aromatic heterocycles. The molecule has 0 bridgehead atoms. The molecule has 0 aliphatic rings. The van der Waals surface area contributed by atoms with Gasteiger partial charge in [-0.25, -0.2) is 0 Å². The van der Waals surface area contributed by atoms with Crippen LogP contribution in [0.4, 0.5) is 0 Å². The second kappa shape index (κ2) is 7.45. The van der Waals surface area contributed by atoms with Crippen LogP contribution in [0.15, 0.2) is 12.4 Å². The van der Waals surface area contributed by atoms with E-state index < -0.39 is 0 Å². The molecular formula is C13H25N3O. The highest BCUT2D eigenvalue weighted by molar-refractivity contribution is 5.08. The van der Waals surface area contributed by atoms with Crippen LogP contribution in [0.2, 0.25) is 0 Å². The number of nitrogens with one attached hydrogen (secondary N) is 1. The second-order valence-corrected chi connectivity index (χ2v) is 4.84. The molecule has 0 fully saturated rings. The summed E-state index contributed by atoms with van der Waals surface area (Å²) in [5, 5.41) is 7.51. The lowest BCUT2D eigenvalue weighted by molar-refractivity contribution is 0.114. The van der Waals surface area contributed by atoms with Crippen molar-refractivity contribution in [1.29, 1.82) is 0 Å². The van der Waals surface area contributed by atoms with Crippen LogP contribution in [0.5, 0.6) is 0 Å². The van der Waals surface area contributed by atoms with Gasteiger partial charge in [-0.3, -0.25) is 4.68 Å². The Labute approximate surface area is 104 Å². The lowest BCUT2D eigenvalue weighted by Crippen LogP contribution is -2.11. The summed E-state index contributed by atoms with van der Waals surface area (Å²) in [6.45, 7) is 8.96. The van der Waals surface area contributed by atoms with Crippen LogP contribution >= 0.6 is 0 Å².